The zero-order chi connectivity index (χ0) is 10.1. The van der Waals surface area contributed by atoms with Gasteiger partial charge in [0.25, 0.3) is 0 Å². The maximum Gasteiger partial charge on any atom is 0.469 e. The molecule has 7 nitrogen and oxygen atoms in total. The van der Waals surface area contributed by atoms with E-state index in [0.29, 0.717) is 0 Å². The Morgan fingerprint density at radius 2 is 2.15 bits per heavy atom. The first kappa shape index (κ1) is 10.6. The van der Waals surface area contributed by atoms with Gasteiger partial charge in [0.05, 0.1) is 6.10 Å². The lowest BCUT2D eigenvalue weighted by Crippen LogP contribution is -2.29. The lowest BCUT2D eigenvalue weighted by molar-refractivity contribution is -0.139. The minimum Gasteiger partial charge on any atom is -0.480 e. The fraction of sp³-hybridized carbons (Fsp3) is 0.800. The molecular weight excluding hydrogens is 201 g/mol. The van der Waals surface area contributed by atoms with Gasteiger partial charge in [-0.2, -0.15) is 0 Å². The average Bonchev–Trinajstić information content (AvgIpc) is 2.31. The standard InChI is InChI=1S/C5H10NO6P/c7-5(8)4-1-3(2-6-4)12-13(9,10)11/h3-4,6H,1-2H2,(H,7,8)(H2,9,10,11). The quantitative estimate of drug-likeness (QED) is 0.438. The second kappa shape index (κ2) is 3.73. The van der Waals surface area contributed by atoms with Crippen LogP contribution in [0.5, 0.6) is 0 Å². The summed E-state index contributed by atoms with van der Waals surface area (Å²) in [5.41, 5.74) is 0. The monoisotopic (exact) mass is 211 g/mol. The highest BCUT2D eigenvalue weighted by atomic mass is 31.2. The molecule has 8 heteroatoms. The summed E-state index contributed by atoms with van der Waals surface area (Å²) in [6.45, 7) is 0.141. The highest BCUT2D eigenvalue weighted by Gasteiger charge is 2.33. The second-order valence-electron chi connectivity index (χ2n) is 2.75. The summed E-state index contributed by atoms with van der Waals surface area (Å²) in [6, 6.07) is -0.781. The average molecular weight is 211 g/mol. The van der Waals surface area contributed by atoms with Crippen molar-refractivity contribution in [2.75, 3.05) is 6.54 Å². The molecule has 1 heterocycles. The van der Waals surface area contributed by atoms with Crippen molar-refractivity contribution in [1.82, 2.24) is 5.32 Å². The van der Waals surface area contributed by atoms with Crippen LogP contribution in [-0.2, 0) is 13.9 Å². The summed E-state index contributed by atoms with van der Waals surface area (Å²) >= 11 is 0. The van der Waals surface area contributed by atoms with Gasteiger partial charge in [0.1, 0.15) is 6.04 Å². The molecule has 0 aromatic rings. The Labute approximate surface area is 74.0 Å². The number of carbonyl (C=O) groups is 1. The Bertz CT molecular complexity index is 249. The Morgan fingerprint density at radius 3 is 2.54 bits per heavy atom. The number of carboxylic acids is 1. The first-order valence-corrected chi connectivity index (χ1v) is 5.11. The summed E-state index contributed by atoms with van der Waals surface area (Å²) in [5, 5.41) is 11.1. The van der Waals surface area contributed by atoms with Crippen LogP contribution in [0.4, 0.5) is 0 Å². The number of phosphoric acid groups is 1. The summed E-state index contributed by atoms with van der Waals surface area (Å²) in [7, 11) is -4.50. The molecule has 1 aliphatic heterocycles. The number of rotatable bonds is 3. The number of phosphoric ester groups is 1. The predicted octanol–water partition coefficient (Wildman–Crippen LogP) is -1.09. The minimum absolute atomic E-state index is 0.0699. The zero-order valence-electron chi connectivity index (χ0n) is 6.58. The molecule has 0 aliphatic carbocycles. The van der Waals surface area contributed by atoms with E-state index in [1.165, 1.54) is 0 Å². The number of nitrogens with one attached hydrogen (secondary N) is 1. The third kappa shape index (κ3) is 3.41. The summed E-state index contributed by atoms with van der Waals surface area (Å²) in [6.07, 6.45) is -0.664. The molecule has 1 saturated heterocycles. The van der Waals surface area contributed by atoms with E-state index in [9.17, 15) is 9.36 Å². The van der Waals surface area contributed by atoms with Crippen molar-refractivity contribution in [3.63, 3.8) is 0 Å². The first-order chi connectivity index (χ1) is 5.88. The van der Waals surface area contributed by atoms with Crippen molar-refractivity contribution in [3.8, 4) is 0 Å². The fourth-order valence-electron chi connectivity index (χ4n) is 1.17. The van der Waals surface area contributed by atoms with E-state index in [2.05, 4.69) is 9.84 Å². The molecule has 0 amide bonds. The van der Waals surface area contributed by atoms with E-state index in [0.717, 1.165) is 0 Å². The molecule has 13 heavy (non-hydrogen) atoms. The third-order valence-electron chi connectivity index (χ3n) is 1.67. The van der Waals surface area contributed by atoms with Crippen molar-refractivity contribution < 1.29 is 28.8 Å². The van der Waals surface area contributed by atoms with Gasteiger partial charge in [-0.25, -0.2) is 4.57 Å². The normalized spacial score (nSPS) is 29.1. The molecule has 2 unspecified atom stereocenters. The van der Waals surface area contributed by atoms with E-state index in [4.69, 9.17) is 14.9 Å². The van der Waals surface area contributed by atoms with Crippen LogP contribution in [0, 0.1) is 0 Å². The summed E-state index contributed by atoms with van der Waals surface area (Å²) in [4.78, 5) is 27.2. The smallest absolute Gasteiger partial charge is 0.469 e. The molecule has 76 valence electrons. The van der Waals surface area contributed by atoms with Gasteiger partial charge in [-0.15, -0.1) is 0 Å². The lowest BCUT2D eigenvalue weighted by Gasteiger charge is -2.10. The van der Waals surface area contributed by atoms with Crippen LogP contribution in [-0.4, -0.2) is 39.6 Å². The molecule has 0 spiro atoms. The van der Waals surface area contributed by atoms with Gasteiger partial charge in [-0.3, -0.25) is 9.32 Å². The van der Waals surface area contributed by atoms with Crippen molar-refractivity contribution >= 4 is 13.8 Å². The molecule has 1 rings (SSSR count). The molecule has 0 radical (unpaired) electrons. The SMILES string of the molecule is O=C(O)C1CC(OP(=O)(O)O)CN1. The van der Waals surface area contributed by atoms with Gasteiger partial charge in [-0.05, 0) is 0 Å². The van der Waals surface area contributed by atoms with Crippen LogP contribution >= 0.6 is 7.82 Å². The maximum atomic E-state index is 10.4. The number of hydrogen-bond donors (Lipinski definition) is 4. The molecule has 0 bridgehead atoms. The van der Waals surface area contributed by atoms with Crippen LogP contribution in [0.15, 0.2) is 0 Å². The number of carboxylic acid groups (broad SMARTS) is 1. The zero-order valence-corrected chi connectivity index (χ0v) is 7.48. The van der Waals surface area contributed by atoms with Crippen molar-refractivity contribution in [2.24, 2.45) is 0 Å². The van der Waals surface area contributed by atoms with Gasteiger partial charge in [0, 0.05) is 13.0 Å². The van der Waals surface area contributed by atoms with E-state index in [1.54, 1.807) is 0 Å². The maximum absolute atomic E-state index is 10.4. The predicted molar refractivity (Wildman–Crippen MR) is 41.0 cm³/mol. The Kier molecular flexibility index (Phi) is 3.05. The van der Waals surface area contributed by atoms with Crippen LogP contribution < -0.4 is 5.32 Å². The van der Waals surface area contributed by atoms with Gasteiger partial charge >= 0.3 is 13.8 Å². The third-order valence-corrected chi connectivity index (χ3v) is 2.25. The molecule has 2 atom stereocenters. The Balaban J connectivity index is 2.42. The van der Waals surface area contributed by atoms with E-state index in [-0.39, 0.29) is 13.0 Å². The number of aliphatic carboxylic acids is 1. The van der Waals surface area contributed by atoms with E-state index < -0.39 is 25.9 Å². The van der Waals surface area contributed by atoms with E-state index in [1.807, 2.05) is 0 Å². The molecule has 0 aromatic heterocycles. The van der Waals surface area contributed by atoms with Crippen LogP contribution in [0.2, 0.25) is 0 Å². The first-order valence-electron chi connectivity index (χ1n) is 3.58. The summed E-state index contributed by atoms with van der Waals surface area (Å²) in [5.74, 6) is -1.04. The highest BCUT2D eigenvalue weighted by molar-refractivity contribution is 7.46. The van der Waals surface area contributed by atoms with Gasteiger partial charge in [0.15, 0.2) is 0 Å². The topological polar surface area (TPSA) is 116 Å². The van der Waals surface area contributed by atoms with Gasteiger partial charge in [0.2, 0.25) is 0 Å². The molecule has 0 aromatic carbocycles. The molecule has 4 N–H and O–H groups in total. The van der Waals surface area contributed by atoms with Crippen LogP contribution in [0.25, 0.3) is 0 Å². The Morgan fingerprint density at radius 1 is 1.54 bits per heavy atom. The number of hydrogen-bond acceptors (Lipinski definition) is 4. The van der Waals surface area contributed by atoms with Crippen molar-refractivity contribution in [2.45, 2.75) is 18.6 Å². The molecule has 1 aliphatic rings. The second-order valence-corrected chi connectivity index (χ2v) is 3.94. The van der Waals surface area contributed by atoms with E-state index >= 15 is 0 Å². The fourth-order valence-corrected chi connectivity index (χ4v) is 1.71. The minimum atomic E-state index is -4.50. The lowest BCUT2D eigenvalue weighted by atomic mass is 10.2. The van der Waals surface area contributed by atoms with Gasteiger partial charge in [-0.1, -0.05) is 0 Å². The largest absolute Gasteiger partial charge is 0.480 e. The highest BCUT2D eigenvalue weighted by Crippen LogP contribution is 2.39. The summed E-state index contributed by atoms with van der Waals surface area (Å²) < 4.78 is 14.7. The van der Waals surface area contributed by atoms with Crippen LogP contribution in [0.3, 0.4) is 0 Å². The van der Waals surface area contributed by atoms with Crippen molar-refractivity contribution in [1.29, 1.82) is 0 Å². The Hall–Kier alpha value is -0.460. The van der Waals surface area contributed by atoms with Crippen LogP contribution in [0.1, 0.15) is 6.42 Å². The molecule has 1 fully saturated rings. The van der Waals surface area contributed by atoms with Crippen molar-refractivity contribution in [3.05, 3.63) is 0 Å². The molecular formula is C5H10NO6P. The van der Waals surface area contributed by atoms with Gasteiger partial charge < -0.3 is 20.2 Å². The molecule has 0 saturated carbocycles.